The molecule has 19 heavy (non-hydrogen) atoms. The molecule has 0 fully saturated rings. The number of benzene rings is 1. The minimum Gasteiger partial charge on any atom is -0.399 e. The Bertz CT molecular complexity index is 578. The molecule has 100 valence electrons. The Balaban J connectivity index is 1.96. The summed E-state index contributed by atoms with van der Waals surface area (Å²) in [6.07, 6.45) is 3.62. The van der Waals surface area contributed by atoms with Crippen LogP contribution in [-0.4, -0.2) is 27.8 Å². The molecule has 0 atom stereocenters. The molecule has 0 spiro atoms. The van der Waals surface area contributed by atoms with Crippen LogP contribution in [0.5, 0.6) is 0 Å². The molecular formula is C13H17N5O. The highest BCUT2D eigenvalue weighted by Crippen LogP contribution is 2.12. The fraction of sp³-hybridized carbons (Fsp3) is 0.231. The molecule has 0 saturated carbocycles. The number of hydrogen-bond donors (Lipinski definition) is 2. The molecule has 6 heteroatoms. The first kappa shape index (κ1) is 12.9. The van der Waals surface area contributed by atoms with Crippen LogP contribution in [-0.2, 0) is 13.6 Å². The largest absolute Gasteiger partial charge is 0.399 e. The van der Waals surface area contributed by atoms with E-state index in [0.29, 0.717) is 17.9 Å². The Morgan fingerprint density at radius 2 is 2.32 bits per heavy atom. The molecule has 0 radical (unpaired) electrons. The van der Waals surface area contributed by atoms with Gasteiger partial charge in [-0.1, -0.05) is 6.07 Å². The number of carbonyl (C=O) groups excluding carboxylic acids is 1. The van der Waals surface area contributed by atoms with Crippen molar-refractivity contribution in [2.45, 2.75) is 6.54 Å². The standard InChI is InChI=1S/C13H17N5O/c1-17(8-10-7-15-18(2)9-10)13(19)16-12-5-3-4-11(14)6-12/h3-7,9H,8,14H2,1-2H3,(H,16,19). The first-order valence-corrected chi connectivity index (χ1v) is 5.90. The summed E-state index contributed by atoms with van der Waals surface area (Å²) in [6, 6.07) is 6.90. The van der Waals surface area contributed by atoms with Gasteiger partial charge in [0.25, 0.3) is 0 Å². The van der Waals surface area contributed by atoms with Gasteiger partial charge in [0.15, 0.2) is 0 Å². The Morgan fingerprint density at radius 3 is 2.95 bits per heavy atom. The lowest BCUT2D eigenvalue weighted by atomic mass is 10.3. The maximum atomic E-state index is 12.0. The molecule has 0 unspecified atom stereocenters. The minimum atomic E-state index is -0.186. The lowest BCUT2D eigenvalue weighted by Crippen LogP contribution is -2.30. The summed E-state index contributed by atoms with van der Waals surface area (Å²) in [5.41, 5.74) is 7.94. The zero-order valence-corrected chi connectivity index (χ0v) is 11.0. The smallest absolute Gasteiger partial charge is 0.321 e. The van der Waals surface area contributed by atoms with E-state index < -0.39 is 0 Å². The van der Waals surface area contributed by atoms with Gasteiger partial charge in [0.1, 0.15) is 0 Å². The third-order valence-corrected chi connectivity index (χ3v) is 2.66. The SMILES string of the molecule is CN(Cc1cnn(C)c1)C(=O)Nc1cccc(N)c1. The summed E-state index contributed by atoms with van der Waals surface area (Å²) in [6.45, 7) is 0.502. The van der Waals surface area contributed by atoms with Crippen LogP contribution in [0.1, 0.15) is 5.56 Å². The highest BCUT2D eigenvalue weighted by Gasteiger charge is 2.10. The number of rotatable bonds is 3. The molecule has 0 aliphatic heterocycles. The molecule has 2 rings (SSSR count). The molecule has 2 amide bonds. The number of carbonyl (C=O) groups is 1. The van der Waals surface area contributed by atoms with Crippen molar-refractivity contribution in [3.63, 3.8) is 0 Å². The van der Waals surface area contributed by atoms with Crippen molar-refractivity contribution in [2.24, 2.45) is 7.05 Å². The van der Waals surface area contributed by atoms with Crippen molar-refractivity contribution < 1.29 is 4.79 Å². The second-order valence-corrected chi connectivity index (χ2v) is 4.43. The Labute approximate surface area is 111 Å². The van der Waals surface area contributed by atoms with Crippen LogP contribution in [0.4, 0.5) is 16.2 Å². The summed E-state index contributed by atoms with van der Waals surface area (Å²) in [5.74, 6) is 0. The number of hydrogen-bond acceptors (Lipinski definition) is 3. The summed E-state index contributed by atoms with van der Waals surface area (Å²) < 4.78 is 1.71. The molecule has 0 bridgehead atoms. The van der Waals surface area contributed by atoms with Gasteiger partial charge in [-0.2, -0.15) is 5.10 Å². The Morgan fingerprint density at radius 1 is 1.53 bits per heavy atom. The molecule has 1 aromatic heterocycles. The molecule has 2 aromatic rings. The van der Waals surface area contributed by atoms with E-state index in [4.69, 9.17) is 5.73 Å². The summed E-state index contributed by atoms with van der Waals surface area (Å²) >= 11 is 0. The summed E-state index contributed by atoms with van der Waals surface area (Å²) in [4.78, 5) is 13.6. The minimum absolute atomic E-state index is 0.186. The molecule has 0 aliphatic carbocycles. The van der Waals surface area contributed by atoms with Crippen molar-refractivity contribution >= 4 is 17.4 Å². The quantitative estimate of drug-likeness (QED) is 0.823. The van der Waals surface area contributed by atoms with Crippen molar-refractivity contribution in [1.29, 1.82) is 0 Å². The number of aryl methyl sites for hydroxylation is 1. The Kier molecular flexibility index (Phi) is 3.70. The highest BCUT2D eigenvalue weighted by molar-refractivity contribution is 5.89. The molecule has 1 aromatic carbocycles. The fourth-order valence-corrected chi connectivity index (χ4v) is 1.73. The van der Waals surface area contributed by atoms with E-state index >= 15 is 0 Å². The molecule has 0 aliphatic rings. The van der Waals surface area contributed by atoms with E-state index in [-0.39, 0.29) is 6.03 Å². The predicted molar refractivity (Wildman–Crippen MR) is 74.5 cm³/mol. The normalized spacial score (nSPS) is 10.2. The second-order valence-electron chi connectivity index (χ2n) is 4.43. The van der Waals surface area contributed by atoms with E-state index in [1.807, 2.05) is 13.2 Å². The molecule has 3 N–H and O–H groups in total. The van der Waals surface area contributed by atoms with Crippen molar-refractivity contribution in [3.8, 4) is 0 Å². The monoisotopic (exact) mass is 259 g/mol. The number of amides is 2. The van der Waals surface area contributed by atoms with Gasteiger partial charge >= 0.3 is 6.03 Å². The van der Waals surface area contributed by atoms with Crippen LogP contribution < -0.4 is 11.1 Å². The zero-order chi connectivity index (χ0) is 13.8. The first-order chi connectivity index (χ1) is 9.04. The third-order valence-electron chi connectivity index (χ3n) is 2.66. The van der Waals surface area contributed by atoms with Crippen molar-refractivity contribution in [3.05, 3.63) is 42.2 Å². The molecule has 0 saturated heterocycles. The van der Waals surface area contributed by atoms with Gasteiger partial charge in [0, 0.05) is 37.2 Å². The van der Waals surface area contributed by atoms with E-state index in [1.54, 1.807) is 47.1 Å². The van der Waals surface area contributed by atoms with E-state index in [0.717, 1.165) is 5.56 Å². The van der Waals surface area contributed by atoms with Gasteiger partial charge in [-0.3, -0.25) is 4.68 Å². The van der Waals surface area contributed by atoms with Crippen LogP contribution in [0.3, 0.4) is 0 Å². The third kappa shape index (κ3) is 3.48. The highest BCUT2D eigenvalue weighted by atomic mass is 16.2. The topological polar surface area (TPSA) is 76.2 Å². The van der Waals surface area contributed by atoms with E-state index in [9.17, 15) is 4.79 Å². The first-order valence-electron chi connectivity index (χ1n) is 5.90. The van der Waals surface area contributed by atoms with Gasteiger partial charge in [-0.05, 0) is 18.2 Å². The summed E-state index contributed by atoms with van der Waals surface area (Å²) in [7, 11) is 3.57. The number of nitrogen functional groups attached to an aromatic ring is 1. The maximum absolute atomic E-state index is 12.0. The maximum Gasteiger partial charge on any atom is 0.321 e. The number of urea groups is 1. The van der Waals surface area contributed by atoms with Gasteiger partial charge in [-0.25, -0.2) is 4.79 Å². The van der Waals surface area contributed by atoms with Crippen molar-refractivity contribution in [1.82, 2.24) is 14.7 Å². The second kappa shape index (κ2) is 5.43. The number of nitrogens with zero attached hydrogens (tertiary/aromatic N) is 3. The van der Waals surface area contributed by atoms with Crippen LogP contribution in [0.15, 0.2) is 36.7 Å². The predicted octanol–water partition coefficient (Wildman–Crippen LogP) is 1.67. The van der Waals surface area contributed by atoms with Crippen molar-refractivity contribution in [2.75, 3.05) is 18.1 Å². The average molecular weight is 259 g/mol. The Hall–Kier alpha value is -2.50. The molecule has 1 heterocycles. The zero-order valence-electron chi connectivity index (χ0n) is 11.0. The van der Waals surface area contributed by atoms with Crippen LogP contribution in [0, 0.1) is 0 Å². The number of nitrogens with two attached hydrogens (primary N) is 1. The lowest BCUT2D eigenvalue weighted by Gasteiger charge is -2.17. The number of nitrogens with one attached hydrogen (secondary N) is 1. The van der Waals surface area contributed by atoms with Crippen LogP contribution in [0.25, 0.3) is 0 Å². The lowest BCUT2D eigenvalue weighted by molar-refractivity contribution is 0.220. The van der Waals surface area contributed by atoms with Crippen LogP contribution in [0.2, 0.25) is 0 Å². The van der Waals surface area contributed by atoms with Gasteiger partial charge in [0.2, 0.25) is 0 Å². The van der Waals surface area contributed by atoms with Gasteiger partial charge < -0.3 is 16.0 Å². The molecular weight excluding hydrogens is 242 g/mol. The van der Waals surface area contributed by atoms with E-state index in [2.05, 4.69) is 10.4 Å². The fourth-order valence-electron chi connectivity index (χ4n) is 1.73. The average Bonchev–Trinajstić information content (AvgIpc) is 2.74. The number of aromatic nitrogens is 2. The van der Waals surface area contributed by atoms with Gasteiger partial charge in [0.05, 0.1) is 12.7 Å². The van der Waals surface area contributed by atoms with Crippen LogP contribution >= 0.6 is 0 Å². The number of anilines is 2. The summed E-state index contributed by atoms with van der Waals surface area (Å²) in [5, 5.41) is 6.86. The van der Waals surface area contributed by atoms with Gasteiger partial charge in [-0.15, -0.1) is 0 Å². The van der Waals surface area contributed by atoms with E-state index in [1.165, 1.54) is 0 Å². The molecule has 6 nitrogen and oxygen atoms in total.